The van der Waals surface area contributed by atoms with E-state index in [0.717, 1.165) is 24.3 Å². The number of phenolic OH excluding ortho intramolecular Hbond substituents is 1. The van der Waals surface area contributed by atoms with E-state index in [4.69, 9.17) is 5.73 Å². The quantitative estimate of drug-likeness (QED) is 0.823. The second kappa shape index (κ2) is 6.30. The minimum Gasteiger partial charge on any atom is -0.507 e. The monoisotopic (exact) mass is 234 g/mol. The molecular formula is C14H22N2O. The van der Waals surface area contributed by atoms with Crippen LogP contribution in [0.2, 0.25) is 0 Å². The molecule has 0 aliphatic heterocycles. The van der Waals surface area contributed by atoms with Crippen molar-refractivity contribution in [2.24, 2.45) is 5.73 Å². The highest BCUT2D eigenvalue weighted by Gasteiger charge is 2.04. The van der Waals surface area contributed by atoms with Gasteiger partial charge >= 0.3 is 0 Å². The highest BCUT2D eigenvalue weighted by Crippen LogP contribution is 2.25. The summed E-state index contributed by atoms with van der Waals surface area (Å²) in [5, 5.41) is 9.93. The summed E-state index contributed by atoms with van der Waals surface area (Å²) in [5.41, 5.74) is 7.49. The van der Waals surface area contributed by atoms with Crippen LogP contribution in [0.4, 0.5) is 5.69 Å². The summed E-state index contributed by atoms with van der Waals surface area (Å²) in [7, 11) is 0. The molecule has 0 bridgehead atoms. The van der Waals surface area contributed by atoms with Crippen LogP contribution in [0.3, 0.4) is 0 Å². The van der Waals surface area contributed by atoms with Crippen LogP contribution < -0.4 is 10.6 Å². The maximum absolute atomic E-state index is 9.93. The van der Waals surface area contributed by atoms with Crippen molar-refractivity contribution < 1.29 is 5.11 Å². The van der Waals surface area contributed by atoms with Gasteiger partial charge in [-0.3, -0.25) is 0 Å². The van der Waals surface area contributed by atoms with Crippen LogP contribution in [0, 0.1) is 0 Å². The van der Waals surface area contributed by atoms with E-state index >= 15 is 0 Å². The fourth-order valence-corrected chi connectivity index (χ4v) is 1.71. The molecule has 3 heteroatoms. The minimum atomic E-state index is -0.00291. The number of benzene rings is 1. The van der Waals surface area contributed by atoms with Gasteiger partial charge in [-0.15, -0.1) is 0 Å². The van der Waals surface area contributed by atoms with Crippen molar-refractivity contribution in [3.05, 3.63) is 29.8 Å². The molecule has 1 unspecified atom stereocenters. The first kappa shape index (κ1) is 13.6. The molecule has 0 spiro atoms. The topological polar surface area (TPSA) is 49.5 Å². The number of hydrogen-bond donors (Lipinski definition) is 2. The zero-order valence-electron chi connectivity index (χ0n) is 10.9. The number of rotatable bonds is 5. The summed E-state index contributed by atoms with van der Waals surface area (Å²) >= 11 is 0. The summed E-state index contributed by atoms with van der Waals surface area (Å²) in [4.78, 5) is 2.19. The van der Waals surface area contributed by atoms with Crippen molar-refractivity contribution in [1.29, 1.82) is 0 Å². The van der Waals surface area contributed by atoms with Crippen LogP contribution in [-0.2, 0) is 0 Å². The van der Waals surface area contributed by atoms with Gasteiger partial charge in [0.15, 0.2) is 0 Å². The van der Waals surface area contributed by atoms with E-state index in [2.05, 4.69) is 18.7 Å². The third kappa shape index (κ3) is 3.79. The van der Waals surface area contributed by atoms with Crippen molar-refractivity contribution in [3.63, 3.8) is 0 Å². The molecule has 0 aliphatic carbocycles. The Labute approximate surface area is 104 Å². The Morgan fingerprint density at radius 1 is 1.35 bits per heavy atom. The van der Waals surface area contributed by atoms with Crippen LogP contribution in [-0.4, -0.2) is 24.2 Å². The second-order valence-corrected chi connectivity index (χ2v) is 4.13. The molecule has 0 heterocycles. The molecular weight excluding hydrogens is 212 g/mol. The third-order valence-corrected chi connectivity index (χ3v) is 2.72. The second-order valence-electron chi connectivity index (χ2n) is 4.13. The Bertz CT molecular complexity index is 382. The summed E-state index contributed by atoms with van der Waals surface area (Å²) in [5.74, 6) is 0.298. The summed E-state index contributed by atoms with van der Waals surface area (Å²) in [6.07, 6.45) is 3.72. The summed E-state index contributed by atoms with van der Waals surface area (Å²) in [6.45, 7) is 7.97. The van der Waals surface area contributed by atoms with Gasteiger partial charge in [0.2, 0.25) is 0 Å². The maximum atomic E-state index is 9.93. The third-order valence-electron chi connectivity index (χ3n) is 2.72. The van der Waals surface area contributed by atoms with E-state index in [1.54, 1.807) is 6.07 Å². The molecule has 1 rings (SSSR count). The van der Waals surface area contributed by atoms with Gasteiger partial charge in [0.25, 0.3) is 0 Å². The van der Waals surface area contributed by atoms with E-state index in [1.165, 1.54) is 0 Å². The Balaban J connectivity index is 2.93. The molecule has 0 saturated heterocycles. The van der Waals surface area contributed by atoms with Gasteiger partial charge < -0.3 is 15.7 Å². The summed E-state index contributed by atoms with van der Waals surface area (Å²) < 4.78 is 0. The van der Waals surface area contributed by atoms with Gasteiger partial charge in [0.05, 0.1) is 0 Å². The Morgan fingerprint density at radius 3 is 2.47 bits per heavy atom. The molecule has 0 aromatic heterocycles. The van der Waals surface area contributed by atoms with Gasteiger partial charge in [0, 0.05) is 36.4 Å². The lowest BCUT2D eigenvalue weighted by Crippen LogP contribution is -2.21. The number of aromatic hydroxyl groups is 1. The van der Waals surface area contributed by atoms with Crippen LogP contribution in [0.1, 0.15) is 26.3 Å². The van der Waals surface area contributed by atoms with E-state index in [0.29, 0.717) is 5.75 Å². The highest BCUT2D eigenvalue weighted by atomic mass is 16.3. The largest absolute Gasteiger partial charge is 0.507 e. The first-order valence-corrected chi connectivity index (χ1v) is 6.10. The average Bonchev–Trinajstić information content (AvgIpc) is 2.29. The van der Waals surface area contributed by atoms with E-state index in [-0.39, 0.29) is 6.04 Å². The lowest BCUT2D eigenvalue weighted by Gasteiger charge is -2.21. The SMILES string of the molecule is CCN(CC)c1ccc(/C=C/C(C)N)c(O)c1. The molecule has 3 N–H and O–H groups in total. The normalized spacial score (nSPS) is 12.9. The first-order valence-electron chi connectivity index (χ1n) is 6.10. The lowest BCUT2D eigenvalue weighted by atomic mass is 10.1. The van der Waals surface area contributed by atoms with Crippen LogP contribution in [0.5, 0.6) is 5.75 Å². The maximum Gasteiger partial charge on any atom is 0.124 e. The first-order chi connectivity index (χ1) is 8.08. The van der Waals surface area contributed by atoms with Crippen molar-refractivity contribution in [2.45, 2.75) is 26.8 Å². The zero-order chi connectivity index (χ0) is 12.8. The molecule has 0 fully saturated rings. The van der Waals surface area contributed by atoms with Crippen molar-refractivity contribution in [1.82, 2.24) is 0 Å². The fraction of sp³-hybridized carbons (Fsp3) is 0.429. The minimum absolute atomic E-state index is 0.00291. The molecule has 17 heavy (non-hydrogen) atoms. The number of phenols is 1. The van der Waals surface area contributed by atoms with E-state index in [1.807, 2.05) is 31.2 Å². The Kier molecular flexibility index (Phi) is 5.04. The summed E-state index contributed by atoms with van der Waals surface area (Å²) in [6, 6.07) is 5.74. The number of anilines is 1. The average molecular weight is 234 g/mol. The molecule has 0 radical (unpaired) electrons. The molecule has 3 nitrogen and oxygen atoms in total. The van der Waals surface area contributed by atoms with Gasteiger partial charge in [0.1, 0.15) is 5.75 Å². The van der Waals surface area contributed by atoms with Crippen LogP contribution in [0.25, 0.3) is 6.08 Å². The van der Waals surface area contributed by atoms with Gasteiger partial charge in [-0.05, 0) is 32.9 Å². The van der Waals surface area contributed by atoms with Gasteiger partial charge in [-0.25, -0.2) is 0 Å². The highest BCUT2D eigenvalue weighted by molar-refractivity contribution is 5.63. The molecule has 1 aromatic carbocycles. The molecule has 0 aliphatic rings. The predicted molar refractivity (Wildman–Crippen MR) is 74.4 cm³/mol. The fourth-order valence-electron chi connectivity index (χ4n) is 1.71. The van der Waals surface area contributed by atoms with Crippen molar-refractivity contribution in [2.75, 3.05) is 18.0 Å². The molecule has 0 saturated carbocycles. The van der Waals surface area contributed by atoms with E-state index in [9.17, 15) is 5.11 Å². The Morgan fingerprint density at radius 2 is 2.00 bits per heavy atom. The van der Waals surface area contributed by atoms with Gasteiger partial charge in [-0.2, -0.15) is 0 Å². The Hall–Kier alpha value is -1.48. The molecule has 1 atom stereocenters. The van der Waals surface area contributed by atoms with E-state index < -0.39 is 0 Å². The van der Waals surface area contributed by atoms with Crippen LogP contribution in [0.15, 0.2) is 24.3 Å². The molecule has 94 valence electrons. The number of hydrogen-bond acceptors (Lipinski definition) is 3. The van der Waals surface area contributed by atoms with Crippen LogP contribution >= 0.6 is 0 Å². The standard InChI is InChI=1S/C14H22N2O/c1-4-16(5-2)13-9-8-12(14(17)10-13)7-6-11(3)15/h6-11,17H,4-5,15H2,1-3H3/b7-6+. The van der Waals surface area contributed by atoms with Gasteiger partial charge in [-0.1, -0.05) is 12.2 Å². The van der Waals surface area contributed by atoms with Crippen molar-refractivity contribution >= 4 is 11.8 Å². The lowest BCUT2D eigenvalue weighted by molar-refractivity contribution is 0.474. The zero-order valence-corrected chi connectivity index (χ0v) is 10.9. The number of nitrogens with zero attached hydrogens (tertiary/aromatic N) is 1. The predicted octanol–water partition coefficient (Wildman–Crippen LogP) is 2.60. The molecule has 1 aromatic rings. The smallest absolute Gasteiger partial charge is 0.124 e. The molecule has 0 amide bonds. The number of nitrogens with two attached hydrogens (primary N) is 1. The van der Waals surface area contributed by atoms with Crippen molar-refractivity contribution in [3.8, 4) is 5.75 Å².